The van der Waals surface area contributed by atoms with Crippen LogP contribution >= 0.6 is 22.9 Å². The number of halogens is 1. The van der Waals surface area contributed by atoms with Crippen molar-refractivity contribution >= 4 is 55.7 Å². The number of hydrogen-bond acceptors (Lipinski definition) is 8. The van der Waals surface area contributed by atoms with Crippen LogP contribution in [0.4, 0.5) is 5.13 Å². The molecule has 0 unspecified atom stereocenters. The van der Waals surface area contributed by atoms with E-state index in [0.717, 1.165) is 4.70 Å². The first-order chi connectivity index (χ1) is 17.9. The average molecular weight is 537 g/mol. The molecule has 10 heteroatoms. The maximum absolute atomic E-state index is 13.5. The number of hydrogen-bond donors (Lipinski definition) is 1. The Morgan fingerprint density at radius 3 is 2.30 bits per heavy atom. The summed E-state index contributed by atoms with van der Waals surface area (Å²) in [5.41, 5.74) is 1.32. The third kappa shape index (κ3) is 4.26. The molecule has 1 atom stereocenters. The lowest BCUT2D eigenvalue weighted by Gasteiger charge is -2.25. The predicted molar refractivity (Wildman–Crippen MR) is 142 cm³/mol. The Kier molecular flexibility index (Phi) is 6.49. The summed E-state index contributed by atoms with van der Waals surface area (Å²) >= 11 is 7.25. The minimum absolute atomic E-state index is 0.101. The Labute approximate surface area is 221 Å². The van der Waals surface area contributed by atoms with Gasteiger partial charge in [-0.1, -0.05) is 22.9 Å². The minimum Gasteiger partial charge on any atom is -0.507 e. The van der Waals surface area contributed by atoms with E-state index in [1.165, 1.54) is 30.5 Å². The number of aromatic nitrogens is 1. The molecule has 37 heavy (non-hydrogen) atoms. The van der Waals surface area contributed by atoms with Crippen LogP contribution in [0.3, 0.4) is 0 Å². The number of aliphatic hydroxyl groups excluding tert-OH is 1. The number of amides is 1. The predicted octanol–water partition coefficient (Wildman–Crippen LogP) is 5.60. The summed E-state index contributed by atoms with van der Waals surface area (Å²) < 4.78 is 17.1. The van der Waals surface area contributed by atoms with Crippen LogP contribution in [0.15, 0.2) is 66.2 Å². The second kappa shape index (κ2) is 9.76. The molecule has 1 N–H and O–H groups in total. The fourth-order valence-electron chi connectivity index (χ4n) is 4.26. The molecule has 1 aliphatic heterocycles. The van der Waals surface area contributed by atoms with Crippen LogP contribution in [0, 0.1) is 0 Å². The van der Waals surface area contributed by atoms with Crippen molar-refractivity contribution in [3.8, 4) is 17.2 Å². The molecule has 0 radical (unpaired) electrons. The second-order valence-corrected chi connectivity index (χ2v) is 9.56. The maximum atomic E-state index is 13.5. The van der Waals surface area contributed by atoms with Crippen LogP contribution in [0.1, 0.15) is 17.2 Å². The van der Waals surface area contributed by atoms with Crippen molar-refractivity contribution in [1.82, 2.24) is 4.98 Å². The van der Waals surface area contributed by atoms with Gasteiger partial charge in [-0.25, -0.2) is 4.98 Å². The van der Waals surface area contributed by atoms with Crippen molar-refractivity contribution in [2.75, 3.05) is 26.2 Å². The van der Waals surface area contributed by atoms with E-state index in [-0.39, 0.29) is 16.5 Å². The van der Waals surface area contributed by atoms with E-state index in [2.05, 4.69) is 4.98 Å². The molecule has 3 aromatic carbocycles. The van der Waals surface area contributed by atoms with Crippen LogP contribution in [0.2, 0.25) is 5.02 Å². The van der Waals surface area contributed by atoms with Crippen molar-refractivity contribution in [3.05, 3.63) is 82.4 Å². The number of carbonyl (C=O) groups excluding carboxylic acids is 2. The Hall–Kier alpha value is -4.08. The van der Waals surface area contributed by atoms with Crippen molar-refractivity contribution < 1.29 is 28.9 Å². The highest BCUT2D eigenvalue weighted by atomic mass is 35.5. The number of methoxy groups -OCH3 is 3. The highest BCUT2D eigenvalue weighted by Crippen LogP contribution is 2.47. The van der Waals surface area contributed by atoms with Gasteiger partial charge in [0.1, 0.15) is 29.0 Å². The molecule has 4 aromatic rings. The summed E-state index contributed by atoms with van der Waals surface area (Å²) in [4.78, 5) is 32.9. The summed E-state index contributed by atoms with van der Waals surface area (Å²) in [6, 6.07) is 15.7. The number of Topliss-reactive ketones (excluding diaryl/α,β-unsaturated/α-hetero) is 1. The molecule has 1 amide bonds. The molecule has 188 valence electrons. The third-order valence-corrected chi connectivity index (χ3v) is 7.35. The van der Waals surface area contributed by atoms with Gasteiger partial charge in [0.15, 0.2) is 5.13 Å². The summed E-state index contributed by atoms with van der Waals surface area (Å²) in [6.45, 7) is 0. The van der Waals surface area contributed by atoms with Gasteiger partial charge in [-0.05, 0) is 60.7 Å². The van der Waals surface area contributed by atoms with Crippen LogP contribution < -0.4 is 19.1 Å². The van der Waals surface area contributed by atoms with Gasteiger partial charge in [0.25, 0.3) is 5.78 Å². The molecule has 5 rings (SSSR count). The number of nitrogens with zero attached hydrogens (tertiary/aromatic N) is 2. The number of rotatable bonds is 6. The Balaban J connectivity index is 1.77. The first kappa shape index (κ1) is 24.6. The minimum atomic E-state index is -1.04. The van der Waals surface area contributed by atoms with Gasteiger partial charge in [0.05, 0.1) is 37.1 Å². The van der Waals surface area contributed by atoms with Crippen LogP contribution in [-0.4, -0.2) is 43.1 Å². The molecule has 1 fully saturated rings. The topological polar surface area (TPSA) is 98.2 Å². The van der Waals surface area contributed by atoms with Gasteiger partial charge < -0.3 is 19.3 Å². The lowest BCUT2D eigenvalue weighted by Crippen LogP contribution is -2.29. The number of ether oxygens (including phenoxy) is 3. The lowest BCUT2D eigenvalue weighted by molar-refractivity contribution is -0.132. The van der Waals surface area contributed by atoms with E-state index >= 15 is 0 Å². The van der Waals surface area contributed by atoms with E-state index in [4.69, 9.17) is 25.8 Å². The van der Waals surface area contributed by atoms with E-state index in [1.54, 1.807) is 61.7 Å². The molecular formula is C27H21ClN2O6S. The van der Waals surface area contributed by atoms with Crippen molar-refractivity contribution in [3.63, 3.8) is 0 Å². The van der Waals surface area contributed by atoms with Crippen molar-refractivity contribution in [2.24, 2.45) is 0 Å². The largest absolute Gasteiger partial charge is 0.507 e. The maximum Gasteiger partial charge on any atom is 0.301 e. The third-order valence-electron chi connectivity index (χ3n) is 6.08. The van der Waals surface area contributed by atoms with Crippen molar-refractivity contribution in [2.45, 2.75) is 6.04 Å². The van der Waals surface area contributed by atoms with Crippen molar-refractivity contribution in [1.29, 1.82) is 0 Å². The quantitative estimate of drug-likeness (QED) is 0.194. The number of benzene rings is 3. The number of ketones is 1. The second-order valence-electron chi connectivity index (χ2n) is 8.11. The van der Waals surface area contributed by atoms with Crippen LogP contribution in [0.25, 0.3) is 16.0 Å². The smallest absolute Gasteiger partial charge is 0.301 e. The Morgan fingerprint density at radius 1 is 0.946 bits per heavy atom. The summed E-state index contributed by atoms with van der Waals surface area (Å²) in [6.07, 6.45) is 0. The van der Waals surface area contributed by atoms with E-state index < -0.39 is 17.7 Å². The number of aliphatic hydroxyl groups is 1. The van der Waals surface area contributed by atoms with Gasteiger partial charge >= 0.3 is 5.91 Å². The monoisotopic (exact) mass is 536 g/mol. The molecule has 0 spiro atoms. The van der Waals surface area contributed by atoms with Gasteiger partial charge in [-0.3, -0.25) is 14.5 Å². The van der Waals surface area contributed by atoms with Gasteiger partial charge in [0.2, 0.25) is 0 Å². The molecule has 0 saturated carbocycles. The normalized spacial score (nSPS) is 16.9. The summed E-state index contributed by atoms with van der Waals surface area (Å²) in [7, 11) is 4.56. The highest BCUT2D eigenvalue weighted by Gasteiger charge is 2.49. The van der Waals surface area contributed by atoms with Gasteiger partial charge in [-0.2, -0.15) is 0 Å². The molecule has 1 aromatic heterocycles. The molecule has 0 bridgehead atoms. The molecule has 1 saturated heterocycles. The number of anilines is 1. The summed E-state index contributed by atoms with van der Waals surface area (Å²) in [5, 5.41) is 12.1. The Morgan fingerprint density at radius 2 is 1.62 bits per heavy atom. The van der Waals surface area contributed by atoms with E-state index in [1.807, 2.05) is 6.07 Å². The number of fused-ring (bicyclic) bond motifs is 1. The SMILES string of the molecule is COc1ccc(OC)c([C@H]2/C(=C(\O)c3ccc(Cl)cc3)C(=O)C(=O)N2c2nc3ccc(OC)cc3s2)c1. The lowest BCUT2D eigenvalue weighted by atomic mass is 9.94. The molecule has 0 aliphatic carbocycles. The first-order valence-corrected chi connectivity index (χ1v) is 12.3. The molecule has 1 aliphatic rings. The standard InChI is InChI=1S/C27H21ClN2O6S/c1-34-16-9-11-20(36-3)18(12-16)23-22(24(31)14-4-6-15(28)7-5-14)25(32)26(33)30(23)27-29-19-10-8-17(35-2)13-21(19)37-27/h4-13,23,31H,1-3H3/b24-22+/t23-/m0/s1. The fourth-order valence-corrected chi connectivity index (χ4v) is 5.41. The first-order valence-electron chi connectivity index (χ1n) is 11.1. The van der Waals surface area contributed by atoms with Gasteiger partial charge in [0, 0.05) is 16.1 Å². The fraction of sp³-hybridized carbons (Fsp3) is 0.148. The zero-order chi connectivity index (χ0) is 26.3. The Bertz CT molecular complexity index is 1560. The number of carbonyl (C=O) groups is 2. The highest BCUT2D eigenvalue weighted by molar-refractivity contribution is 7.22. The average Bonchev–Trinajstić information content (AvgIpc) is 3.45. The molecule has 2 heterocycles. The van der Waals surface area contributed by atoms with E-state index in [0.29, 0.717) is 38.9 Å². The van der Waals surface area contributed by atoms with Crippen LogP contribution in [0.5, 0.6) is 17.2 Å². The zero-order valence-electron chi connectivity index (χ0n) is 20.0. The number of thiazole rings is 1. The van der Waals surface area contributed by atoms with Crippen LogP contribution in [-0.2, 0) is 9.59 Å². The van der Waals surface area contributed by atoms with Gasteiger partial charge in [-0.15, -0.1) is 0 Å². The summed E-state index contributed by atoms with van der Waals surface area (Å²) in [5.74, 6) is -0.478. The zero-order valence-corrected chi connectivity index (χ0v) is 21.6. The molecule has 8 nitrogen and oxygen atoms in total. The van der Waals surface area contributed by atoms with E-state index in [9.17, 15) is 14.7 Å². The molecular weight excluding hydrogens is 516 g/mol.